The fourth-order valence-corrected chi connectivity index (χ4v) is 3.88. The van der Waals surface area contributed by atoms with Gasteiger partial charge in [-0.25, -0.2) is 22.5 Å². The van der Waals surface area contributed by atoms with Crippen molar-refractivity contribution in [3.8, 4) is 0 Å². The van der Waals surface area contributed by atoms with Crippen LogP contribution in [0.5, 0.6) is 0 Å². The zero-order valence-electron chi connectivity index (χ0n) is 11.0. The van der Waals surface area contributed by atoms with Gasteiger partial charge in [-0.2, -0.15) is 0 Å². The molecule has 0 atom stereocenters. The molecule has 0 aliphatic heterocycles. The minimum absolute atomic E-state index is 0.0979. The average Bonchev–Trinajstić information content (AvgIpc) is 2.87. The number of carbonyl (C=O) groups is 1. The smallest absolute Gasteiger partial charge is 0.358 e. The molecule has 0 aromatic carbocycles. The standard InChI is InChI=1S/C10H16N2O5S2/c1-12(5-4-6-16-2)19(14,15)10-8(9(13)17-3)11-7-18-10/h7H,4-6H2,1-3H3. The molecule has 19 heavy (non-hydrogen) atoms. The molecule has 0 aliphatic rings. The fraction of sp³-hybridized carbons (Fsp3) is 0.600. The minimum Gasteiger partial charge on any atom is -0.464 e. The number of carbonyl (C=O) groups excluding carboxylic acids is 1. The van der Waals surface area contributed by atoms with Crippen LogP contribution in [-0.2, 0) is 19.5 Å². The number of hydrogen-bond donors (Lipinski definition) is 0. The van der Waals surface area contributed by atoms with Crippen LogP contribution in [0, 0.1) is 0 Å². The number of esters is 1. The maximum atomic E-state index is 12.3. The van der Waals surface area contributed by atoms with Gasteiger partial charge in [-0.05, 0) is 6.42 Å². The van der Waals surface area contributed by atoms with E-state index < -0.39 is 16.0 Å². The predicted molar refractivity (Wildman–Crippen MR) is 69.8 cm³/mol. The fourth-order valence-electron chi connectivity index (χ4n) is 1.34. The zero-order chi connectivity index (χ0) is 14.5. The van der Waals surface area contributed by atoms with E-state index >= 15 is 0 Å². The number of hydrogen-bond acceptors (Lipinski definition) is 7. The Morgan fingerprint density at radius 1 is 1.47 bits per heavy atom. The van der Waals surface area contributed by atoms with Crippen molar-refractivity contribution in [3.05, 3.63) is 11.2 Å². The van der Waals surface area contributed by atoms with Gasteiger partial charge in [0.15, 0.2) is 9.90 Å². The second kappa shape index (κ2) is 6.94. The monoisotopic (exact) mass is 308 g/mol. The van der Waals surface area contributed by atoms with Crippen LogP contribution in [0.15, 0.2) is 9.72 Å². The van der Waals surface area contributed by atoms with Crippen molar-refractivity contribution >= 4 is 27.3 Å². The lowest BCUT2D eigenvalue weighted by molar-refractivity contribution is 0.0590. The SMILES string of the molecule is COCCCN(C)S(=O)(=O)c1scnc1C(=O)OC. The van der Waals surface area contributed by atoms with Crippen LogP contribution in [0.4, 0.5) is 0 Å². The van der Waals surface area contributed by atoms with Crippen LogP contribution in [0.1, 0.15) is 16.9 Å². The average molecular weight is 308 g/mol. The summed E-state index contributed by atoms with van der Waals surface area (Å²) in [6, 6.07) is 0. The van der Waals surface area contributed by atoms with Crippen LogP contribution >= 0.6 is 11.3 Å². The molecule has 0 saturated carbocycles. The van der Waals surface area contributed by atoms with Gasteiger partial charge in [0, 0.05) is 27.3 Å². The first-order chi connectivity index (χ1) is 8.95. The van der Waals surface area contributed by atoms with E-state index in [9.17, 15) is 13.2 Å². The molecule has 0 radical (unpaired) electrons. The lowest BCUT2D eigenvalue weighted by atomic mass is 10.5. The van der Waals surface area contributed by atoms with Gasteiger partial charge in [0.2, 0.25) is 0 Å². The highest BCUT2D eigenvalue weighted by atomic mass is 32.2. The number of nitrogens with zero attached hydrogens (tertiary/aromatic N) is 2. The lowest BCUT2D eigenvalue weighted by Gasteiger charge is -2.16. The van der Waals surface area contributed by atoms with Crippen molar-refractivity contribution in [2.75, 3.05) is 34.4 Å². The molecule has 0 N–H and O–H groups in total. The molecular formula is C10H16N2O5S2. The molecule has 7 nitrogen and oxygen atoms in total. The van der Waals surface area contributed by atoms with Crippen molar-refractivity contribution < 1.29 is 22.7 Å². The van der Waals surface area contributed by atoms with Crippen LogP contribution in [0.25, 0.3) is 0 Å². The molecule has 0 spiro atoms. The summed E-state index contributed by atoms with van der Waals surface area (Å²) >= 11 is 0.895. The number of methoxy groups -OCH3 is 2. The van der Waals surface area contributed by atoms with Gasteiger partial charge in [-0.15, -0.1) is 11.3 Å². The van der Waals surface area contributed by atoms with Gasteiger partial charge < -0.3 is 9.47 Å². The molecule has 0 aliphatic carbocycles. The van der Waals surface area contributed by atoms with Crippen LogP contribution in [0.2, 0.25) is 0 Å². The largest absolute Gasteiger partial charge is 0.464 e. The molecule has 0 saturated heterocycles. The molecule has 1 heterocycles. The summed E-state index contributed by atoms with van der Waals surface area (Å²) in [6.07, 6.45) is 0.568. The molecule has 1 aromatic rings. The molecule has 1 aromatic heterocycles. The summed E-state index contributed by atoms with van der Waals surface area (Å²) < 4.78 is 35.0. The van der Waals surface area contributed by atoms with E-state index in [4.69, 9.17) is 4.74 Å². The van der Waals surface area contributed by atoms with E-state index in [1.165, 1.54) is 24.0 Å². The molecule has 9 heteroatoms. The molecule has 0 amide bonds. The van der Waals surface area contributed by atoms with Crippen molar-refractivity contribution in [2.24, 2.45) is 0 Å². The van der Waals surface area contributed by atoms with Gasteiger partial charge in [-0.1, -0.05) is 0 Å². The first-order valence-corrected chi connectivity index (χ1v) is 7.74. The molecular weight excluding hydrogens is 292 g/mol. The van der Waals surface area contributed by atoms with Crippen LogP contribution in [0.3, 0.4) is 0 Å². The Labute approximate surface area is 116 Å². The Kier molecular flexibility index (Phi) is 5.85. The Morgan fingerprint density at radius 2 is 2.16 bits per heavy atom. The highest BCUT2D eigenvalue weighted by Gasteiger charge is 2.29. The number of sulfonamides is 1. The first-order valence-electron chi connectivity index (χ1n) is 5.42. The van der Waals surface area contributed by atoms with E-state index in [-0.39, 0.29) is 9.90 Å². The number of rotatable bonds is 7. The second-order valence-electron chi connectivity index (χ2n) is 3.65. The van der Waals surface area contributed by atoms with Crippen LogP contribution in [-0.4, -0.2) is 58.1 Å². The Bertz CT molecular complexity index is 526. The van der Waals surface area contributed by atoms with Crippen molar-refractivity contribution in [1.82, 2.24) is 9.29 Å². The summed E-state index contributed by atoms with van der Waals surface area (Å²) in [6.45, 7) is 0.765. The van der Waals surface area contributed by atoms with E-state index in [0.29, 0.717) is 19.6 Å². The molecule has 0 bridgehead atoms. The Balaban J connectivity index is 2.94. The quantitative estimate of drug-likeness (QED) is 0.541. The van der Waals surface area contributed by atoms with Gasteiger partial charge in [-0.3, -0.25) is 0 Å². The van der Waals surface area contributed by atoms with Gasteiger partial charge in [0.1, 0.15) is 0 Å². The van der Waals surface area contributed by atoms with Gasteiger partial charge in [0.05, 0.1) is 12.6 Å². The third-order valence-electron chi connectivity index (χ3n) is 2.38. The van der Waals surface area contributed by atoms with Crippen molar-refractivity contribution in [3.63, 3.8) is 0 Å². The topological polar surface area (TPSA) is 85.8 Å². The maximum absolute atomic E-state index is 12.3. The van der Waals surface area contributed by atoms with E-state index in [1.807, 2.05) is 0 Å². The van der Waals surface area contributed by atoms with Crippen molar-refractivity contribution in [1.29, 1.82) is 0 Å². The minimum atomic E-state index is -3.73. The molecule has 1 rings (SSSR count). The van der Waals surface area contributed by atoms with Crippen molar-refractivity contribution in [2.45, 2.75) is 10.6 Å². The molecule has 108 valence electrons. The summed E-state index contributed by atoms with van der Waals surface area (Å²) in [4.78, 5) is 15.2. The van der Waals surface area contributed by atoms with E-state index in [2.05, 4.69) is 9.72 Å². The summed E-state index contributed by atoms with van der Waals surface area (Å²) in [5.41, 5.74) is 1.13. The number of aromatic nitrogens is 1. The Morgan fingerprint density at radius 3 is 2.74 bits per heavy atom. The van der Waals surface area contributed by atoms with E-state index in [1.54, 1.807) is 7.11 Å². The highest BCUT2D eigenvalue weighted by molar-refractivity contribution is 7.91. The molecule has 0 fully saturated rings. The second-order valence-corrected chi connectivity index (χ2v) is 6.75. The third kappa shape index (κ3) is 3.72. The Hall–Kier alpha value is -1.03. The summed E-state index contributed by atoms with van der Waals surface area (Å²) in [7, 11) is 0.451. The van der Waals surface area contributed by atoms with Gasteiger partial charge in [0.25, 0.3) is 10.0 Å². The first kappa shape index (κ1) is 16.0. The normalized spacial score (nSPS) is 11.8. The van der Waals surface area contributed by atoms with Gasteiger partial charge >= 0.3 is 5.97 Å². The lowest BCUT2D eigenvalue weighted by Crippen LogP contribution is -2.29. The summed E-state index contributed by atoms with van der Waals surface area (Å²) in [5, 5.41) is 0. The van der Waals surface area contributed by atoms with E-state index in [0.717, 1.165) is 11.3 Å². The predicted octanol–water partition coefficient (Wildman–Crippen LogP) is 0.587. The number of ether oxygens (including phenoxy) is 2. The number of thiazole rings is 1. The summed E-state index contributed by atoms with van der Waals surface area (Å²) in [5.74, 6) is -0.759. The van der Waals surface area contributed by atoms with Crippen LogP contribution < -0.4 is 0 Å². The molecule has 0 unspecified atom stereocenters. The zero-order valence-corrected chi connectivity index (χ0v) is 12.6. The highest BCUT2D eigenvalue weighted by Crippen LogP contribution is 2.23. The third-order valence-corrected chi connectivity index (χ3v) is 5.58. The maximum Gasteiger partial charge on any atom is 0.358 e.